The highest BCUT2D eigenvalue weighted by Crippen LogP contribution is 2.07. The molecule has 0 radical (unpaired) electrons. The van der Waals surface area contributed by atoms with Crippen LogP contribution in [-0.4, -0.2) is 8.07 Å². The van der Waals surface area contributed by atoms with E-state index in [0.717, 1.165) is 6.42 Å². The largest absolute Gasteiger partial charge is 0.132 e. The Morgan fingerprint density at radius 3 is 2.27 bits per heavy atom. The topological polar surface area (TPSA) is 0 Å². The van der Waals surface area contributed by atoms with Gasteiger partial charge in [0.25, 0.3) is 0 Å². The van der Waals surface area contributed by atoms with Crippen molar-refractivity contribution >= 4 is 8.07 Å². The molecular weight excluding hydrogens is 196 g/mol. The average molecular weight is 216 g/mol. The molecule has 0 spiro atoms. The molecule has 0 bridgehead atoms. The van der Waals surface area contributed by atoms with Crippen molar-refractivity contribution < 1.29 is 0 Å². The standard InChI is InChI=1S/C14H20Si/c1-13(10-11-15(2,3)4)12-14-8-6-5-7-9-14/h5-9,13H,12H2,1-4H3. The van der Waals surface area contributed by atoms with Crippen LogP contribution >= 0.6 is 0 Å². The molecule has 1 aromatic rings. The molecule has 0 N–H and O–H groups in total. The van der Waals surface area contributed by atoms with Gasteiger partial charge >= 0.3 is 0 Å². The van der Waals surface area contributed by atoms with Crippen LogP contribution in [0.2, 0.25) is 19.6 Å². The SMILES string of the molecule is CC(C#C[Si](C)(C)C)Cc1ccccc1. The Morgan fingerprint density at radius 1 is 1.13 bits per heavy atom. The van der Waals surface area contributed by atoms with Crippen molar-refractivity contribution in [1.29, 1.82) is 0 Å². The second-order valence-electron chi connectivity index (χ2n) is 5.11. The van der Waals surface area contributed by atoms with Crippen molar-refractivity contribution in [3.8, 4) is 11.5 Å². The Labute approximate surface area is 94.7 Å². The monoisotopic (exact) mass is 216 g/mol. The Hall–Kier alpha value is -1.00. The maximum atomic E-state index is 3.43. The number of hydrogen-bond acceptors (Lipinski definition) is 0. The zero-order valence-electron chi connectivity index (χ0n) is 10.2. The van der Waals surface area contributed by atoms with Gasteiger partial charge in [-0.1, -0.05) is 56.9 Å². The second-order valence-corrected chi connectivity index (χ2v) is 9.86. The molecule has 15 heavy (non-hydrogen) atoms. The van der Waals surface area contributed by atoms with E-state index >= 15 is 0 Å². The lowest BCUT2D eigenvalue weighted by molar-refractivity contribution is 0.751. The number of rotatable bonds is 2. The first-order chi connectivity index (χ1) is 6.97. The molecule has 0 aromatic heterocycles. The van der Waals surface area contributed by atoms with Gasteiger partial charge in [-0.3, -0.25) is 0 Å². The minimum Gasteiger partial charge on any atom is -0.132 e. The van der Waals surface area contributed by atoms with Crippen LogP contribution in [0.5, 0.6) is 0 Å². The Balaban J connectivity index is 2.56. The summed E-state index contributed by atoms with van der Waals surface area (Å²) in [4.78, 5) is 0. The molecule has 0 aliphatic heterocycles. The molecule has 1 unspecified atom stereocenters. The Kier molecular flexibility index (Phi) is 4.17. The normalized spacial score (nSPS) is 12.8. The first-order valence-electron chi connectivity index (χ1n) is 5.54. The average Bonchev–Trinajstić information content (AvgIpc) is 2.15. The highest BCUT2D eigenvalue weighted by Gasteiger charge is 2.08. The van der Waals surface area contributed by atoms with E-state index in [4.69, 9.17) is 0 Å². The van der Waals surface area contributed by atoms with E-state index in [1.165, 1.54) is 5.56 Å². The molecule has 0 amide bonds. The second kappa shape index (κ2) is 5.18. The number of benzene rings is 1. The molecule has 0 aliphatic rings. The van der Waals surface area contributed by atoms with Crippen LogP contribution < -0.4 is 0 Å². The van der Waals surface area contributed by atoms with Gasteiger partial charge in [-0.05, 0) is 12.0 Å². The summed E-state index contributed by atoms with van der Waals surface area (Å²) in [6, 6.07) is 10.6. The third-order valence-corrected chi connectivity index (χ3v) is 2.97. The van der Waals surface area contributed by atoms with Crippen LogP contribution in [0.25, 0.3) is 0 Å². The maximum Gasteiger partial charge on any atom is 0.129 e. The predicted molar refractivity (Wildman–Crippen MR) is 70.4 cm³/mol. The minimum absolute atomic E-state index is 0.471. The Bertz CT molecular complexity index is 348. The molecule has 0 saturated carbocycles. The summed E-state index contributed by atoms with van der Waals surface area (Å²) in [7, 11) is -1.20. The fraction of sp³-hybridized carbons (Fsp3) is 0.429. The summed E-state index contributed by atoms with van der Waals surface area (Å²) in [5, 5.41) is 0. The van der Waals surface area contributed by atoms with Crippen molar-refractivity contribution in [1.82, 2.24) is 0 Å². The van der Waals surface area contributed by atoms with Gasteiger partial charge < -0.3 is 0 Å². The lowest BCUT2D eigenvalue weighted by Gasteiger charge is -2.07. The van der Waals surface area contributed by atoms with Crippen LogP contribution in [-0.2, 0) is 6.42 Å². The first kappa shape index (κ1) is 12.1. The van der Waals surface area contributed by atoms with Crippen molar-refractivity contribution in [2.24, 2.45) is 5.92 Å². The van der Waals surface area contributed by atoms with E-state index in [1.807, 2.05) is 0 Å². The molecule has 1 atom stereocenters. The summed E-state index contributed by atoms with van der Waals surface area (Å²) in [5.74, 6) is 3.85. The minimum atomic E-state index is -1.20. The van der Waals surface area contributed by atoms with Crippen molar-refractivity contribution in [2.45, 2.75) is 33.0 Å². The van der Waals surface area contributed by atoms with E-state index < -0.39 is 8.07 Å². The molecule has 0 saturated heterocycles. The summed E-state index contributed by atoms with van der Waals surface area (Å²) < 4.78 is 0. The lowest BCUT2D eigenvalue weighted by atomic mass is 10.0. The van der Waals surface area contributed by atoms with Crippen molar-refractivity contribution in [3.63, 3.8) is 0 Å². The van der Waals surface area contributed by atoms with Gasteiger partial charge in [-0.2, -0.15) is 0 Å². The molecule has 80 valence electrons. The summed E-state index contributed by atoms with van der Waals surface area (Å²) in [6.07, 6.45) is 1.07. The van der Waals surface area contributed by atoms with Crippen LogP contribution in [0.4, 0.5) is 0 Å². The third-order valence-electron chi connectivity index (χ3n) is 2.08. The molecule has 1 aromatic carbocycles. The molecule has 0 aliphatic carbocycles. The first-order valence-corrected chi connectivity index (χ1v) is 9.04. The van der Waals surface area contributed by atoms with Crippen molar-refractivity contribution in [3.05, 3.63) is 35.9 Å². The fourth-order valence-corrected chi connectivity index (χ4v) is 2.04. The van der Waals surface area contributed by atoms with E-state index in [2.05, 4.69) is 68.4 Å². The van der Waals surface area contributed by atoms with Crippen molar-refractivity contribution in [2.75, 3.05) is 0 Å². The summed E-state index contributed by atoms with van der Waals surface area (Å²) in [6.45, 7) is 9.07. The van der Waals surface area contributed by atoms with Crippen LogP contribution in [0.1, 0.15) is 12.5 Å². The van der Waals surface area contributed by atoms with E-state index in [0.29, 0.717) is 5.92 Å². The van der Waals surface area contributed by atoms with Gasteiger partial charge in [0.05, 0.1) is 0 Å². The van der Waals surface area contributed by atoms with Gasteiger partial charge in [0.2, 0.25) is 0 Å². The van der Waals surface area contributed by atoms with Gasteiger partial charge in [-0.15, -0.1) is 11.5 Å². The lowest BCUT2D eigenvalue weighted by Crippen LogP contribution is -2.17. The van der Waals surface area contributed by atoms with Crippen LogP contribution in [0.3, 0.4) is 0 Å². The smallest absolute Gasteiger partial charge is 0.129 e. The molecule has 1 rings (SSSR count). The van der Waals surface area contributed by atoms with Gasteiger partial charge in [0, 0.05) is 5.92 Å². The quantitative estimate of drug-likeness (QED) is 0.522. The van der Waals surface area contributed by atoms with Crippen LogP contribution in [0.15, 0.2) is 30.3 Å². The highest BCUT2D eigenvalue weighted by molar-refractivity contribution is 6.83. The zero-order valence-corrected chi connectivity index (χ0v) is 11.2. The highest BCUT2D eigenvalue weighted by atomic mass is 28.3. The maximum absolute atomic E-state index is 3.43. The molecule has 0 heterocycles. The Morgan fingerprint density at radius 2 is 1.73 bits per heavy atom. The molecule has 0 fully saturated rings. The predicted octanol–water partition coefficient (Wildman–Crippen LogP) is 3.75. The van der Waals surface area contributed by atoms with Gasteiger partial charge in [-0.25, -0.2) is 0 Å². The summed E-state index contributed by atoms with van der Waals surface area (Å²) >= 11 is 0. The molecule has 1 heteroatoms. The van der Waals surface area contributed by atoms with E-state index in [9.17, 15) is 0 Å². The summed E-state index contributed by atoms with van der Waals surface area (Å²) in [5.41, 5.74) is 4.81. The fourth-order valence-electron chi connectivity index (χ4n) is 1.36. The third kappa shape index (κ3) is 5.44. The van der Waals surface area contributed by atoms with Gasteiger partial charge in [0.15, 0.2) is 0 Å². The van der Waals surface area contributed by atoms with Gasteiger partial charge in [0.1, 0.15) is 8.07 Å². The molecule has 0 nitrogen and oxygen atoms in total. The van der Waals surface area contributed by atoms with Crippen LogP contribution in [0, 0.1) is 17.4 Å². The molecular formula is C14H20Si. The number of hydrogen-bond donors (Lipinski definition) is 0. The van der Waals surface area contributed by atoms with E-state index in [-0.39, 0.29) is 0 Å². The van der Waals surface area contributed by atoms with E-state index in [1.54, 1.807) is 0 Å². The zero-order chi connectivity index (χ0) is 11.3.